The van der Waals surface area contributed by atoms with Crippen molar-refractivity contribution in [1.82, 2.24) is 0 Å². The average Bonchev–Trinajstić information content (AvgIpc) is 2.22. The molecular formula is C12H13FO3. The second-order valence-electron chi connectivity index (χ2n) is 3.97. The number of benzene rings is 1. The minimum Gasteiger partial charge on any atom is -0.505 e. The Bertz CT molecular complexity index is 427. The van der Waals surface area contributed by atoms with Crippen molar-refractivity contribution in [2.75, 3.05) is 0 Å². The van der Waals surface area contributed by atoms with Crippen molar-refractivity contribution < 1.29 is 19.1 Å². The number of hydrogen-bond acceptors (Lipinski definition) is 3. The molecule has 0 heterocycles. The smallest absolute Gasteiger partial charge is 0.228 e. The van der Waals surface area contributed by atoms with E-state index in [0.717, 1.165) is 6.07 Å². The zero-order valence-corrected chi connectivity index (χ0v) is 9.37. The molecule has 16 heavy (non-hydrogen) atoms. The summed E-state index contributed by atoms with van der Waals surface area (Å²) < 4.78 is 13.2. The van der Waals surface area contributed by atoms with Crippen LogP contribution in [0.15, 0.2) is 12.1 Å². The Morgan fingerprint density at radius 2 is 1.88 bits per heavy atom. The van der Waals surface area contributed by atoms with Crippen LogP contribution in [-0.4, -0.2) is 16.7 Å². The number of carbonyl (C=O) groups excluding carboxylic acids is 2. The molecule has 0 spiro atoms. The summed E-state index contributed by atoms with van der Waals surface area (Å²) in [6.45, 7) is 4.67. The second kappa shape index (κ2) is 4.43. The minimum absolute atomic E-state index is 0.0218. The lowest BCUT2D eigenvalue weighted by Crippen LogP contribution is -2.20. The van der Waals surface area contributed by atoms with Crippen LogP contribution in [0.25, 0.3) is 0 Å². The number of ketones is 2. The average molecular weight is 224 g/mol. The van der Waals surface area contributed by atoms with Crippen LogP contribution in [0, 0.1) is 18.7 Å². The maximum absolute atomic E-state index is 13.2. The van der Waals surface area contributed by atoms with Gasteiger partial charge in [-0.15, -0.1) is 0 Å². The molecule has 0 aliphatic rings. The first-order chi connectivity index (χ1) is 7.34. The highest BCUT2D eigenvalue weighted by Crippen LogP contribution is 2.22. The lowest BCUT2D eigenvalue weighted by molar-refractivity contribution is -0.117. The molecule has 0 aromatic heterocycles. The topological polar surface area (TPSA) is 54.4 Å². The number of Topliss-reactive ketones (excluding diaryl/α,β-unsaturated/α-hetero) is 2. The maximum Gasteiger partial charge on any atom is 0.228 e. The fourth-order valence-electron chi connectivity index (χ4n) is 1.27. The van der Waals surface area contributed by atoms with Crippen molar-refractivity contribution in [3.8, 4) is 5.75 Å². The normalized spacial score (nSPS) is 10.6. The molecule has 0 aliphatic heterocycles. The molecular weight excluding hydrogens is 211 g/mol. The van der Waals surface area contributed by atoms with Gasteiger partial charge in [0.05, 0.1) is 0 Å². The van der Waals surface area contributed by atoms with Crippen LogP contribution in [0.4, 0.5) is 4.39 Å². The lowest BCUT2D eigenvalue weighted by Gasteiger charge is -2.06. The van der Waals surface area contributed by atoms with Gasteiger partial charge in [0.25, 0.3) is 0 Å². The largest absolute Gasteiger partial charge is 0.505 e. The number of phenols is 1. The second-order valence-corrected chi connectivity index (χ2v) is 3.97. The first kappa shape index (κ1) is 12.4. The fraction of sp³-hybridized carbons (Fsp3) is 0.333. The number of aromatic hydroxyl groups is 1. The van der Waals surface area contributed by atoms with Crippen LogP contribution in [0.1, 0.15) is 29.8 Å². The van der Waals surface area contributed by atoms with E-state index in [9.17, 15) is 19.1 Å². The molecule has 86 valence electrons. The quantitative estimate of drug-likeness (QED) is 0.632. The number of hydrogen-bond donors (Lipinski definition) is 1. The summed E-state index contributed by atoms with van der Waals surface area (Å²) in [4.78, 5) is 23.0. The predicted molar refractivity (Wildman–Crippen MR) is 57.0 cm³/mol. The Labute approximate surface area is 92.9 Å². The van der Waals surface area contributed by atoms with Gasteiger partial charge in [-0.3, -0.25) is 9.59 Å². The van der Waals surface area contributed by atoms with E-state index in [1.807, 2.05) is 0 Å². The zero-order chi connectivity index (χ0) is 12.5. The number of halogens is 1. The van der Waals surface area contributed by atoms with Gasteiger partial charge in [-0.05, 0) is 24.6 Å². The van der Waals surface area contributed by atoms with Crippen LogP contribution in [0.3, 0.4) is 0 Å². The Morgan fingerprint density at radius 1 is 1.31 bits per heavy atom. The minimum atomic E-state index is -0.889. The number of rotatable bonds is 3. The molecule has 1 aromatic rings. The maximum atomic E-state index is 13.2. The SMILES string of the molecule is Cc1cc(C(=O)C(=O)C(C)C)cc(F)c1O. The van der Waals surface area contributed by atoms with E-state index in [-0.39, 0.29) is 11.1 Å². The fourth-order valence-corrected chi connectivity index (χ4v) is 1.27. The summed E-state index contributed by atoms with van der Waals surface area (Å²) in [5.74, 6) is -3.10. The van der Waals surface area contributed by atoms with Crippen molar-refractivity contribution in [2.24, 2.45) is 5.92 Å². The summed E-state index contributed by atoms with van der Waals surface area (Å²) in [5, 5.41) is 9.19. The monoisotopic (exact) mass is 224 g/mol. The van der Waals surface area contributed by atoms with E-state index in [1.165, 1.54) is 13.0 Å². The van der Waals surface area contributed by atoms with Gasteiger partial charge in [0, 0.05) is 11.5 Å². The van der Waals surface area contributed by atoms with Gasteiger partial charge in [0.2, 0.25) is 11.6 Å². The lowest BCUT2D eigenvalue weighted by atomic mass is 9.98. The zero-order valence-electron chi connectivity index (χ0n) is 9.37. The highest BCUT2D eigenvalue weighted by molar-refractivity contribution is 6.44. The van der Waals surface area contributed by atoms with Gasteiger partial charge in [0.1, 0.15) is 0 Å². The van der Waals surface area contributed by atoms with E-state index < -0.39 is 29.1 Å². The van der Waals surface area contributed by atoms with Gasteiger partial charge >= 0.3 is 0 Å². The molecule has 1 aromatic carbocycles. The van der Waals surface area contributed by atoms with Crippen LogP contribution in [-0.2, 0) is 4.79 Å². The highest BCUT2D eigenvalue weighted by Gasteiger charge is 2.21. The summed E-state index contributed by atoms with van der Waals surface area (Å²) in [5.41, 5.74) is 0.214. The number of aryl methyl sites for hydroxylation is 1. The van der Waals surface area contributed by atoms with Crippen molar-refractivity contribution in [3.05, 3.63) is 29.1 Å². The molecule has 0 atom stereocenters. The molecule has 1 rings (SSSR count). The molecule has 0 fully saturated rings. The molecule has 0 saturated carbocycles. The molecule has 0 saturated heterocycles. The third-order valence-corrected chi connectivity index (χ3v) is 2.26. The molecule has 0 radical (unpaired) electrons. The third kappa shape index (κ3) is 2.27. The standard InChI is InChI=1S/C12H13FO3/c1-6(2)10(14)12(16)8-4-7(3)11(15)9(13)5-8/h4-6,15H,1-3H3. The van der Waals surface area contributed by atoms with E-state index in [4.69, 9.17) is 0 Å². The predicted octanol–water partition coefficient (Wildman–Crippen LogP) is 2.25. The molecule has 1 N–H and O–H groups in total. The number of carbonyl (C=O) groups is 2. The third-order valence-electron chi connectivity index (χ3n) is 2.26. The van der Waals surface area contributed by atoms with E-state index in [0.29, 0.717) is 0 Å². The Morgan fingerprint density at radius 3 is 2.31 bits per heavy atom. The van der Waals surface area contributed by atoms with Gasteiger partial charge in [-0.25, -0.2) is 4.39 Å². The van der Waals surface area contributed by atoms with Gasteiger partial charge in [-0.2, -0.15) is 0 Å². The molecule has 0 bridgehead atoms. The first-order valence-corrected chi connectivity index (χ1v) is 4.92. The molecule has 3 nitrogen and oxygen atoms in total. The van der Waals surface area contributed by atoms with Crippen LogP contribution < -0.4 is 0 Å². The Hall–Kier alpha value is -1.71. The van der Waals surface area contributed by atoms with Gasteiger partial charge < -0.3 is 5.11 Å². The first-order valence-electron chi connectivity index (χ1n) is 4.92. The highest BCUT2D eigenvalue weighted by atomic mass is 19.1. The summed E-state index contributed by atoms with van der Waals surface area (Å²) in [6.07, 6.45) is 0. The summed E-state index contributed by atoms with van der Waals surface area (Å²) in [7, 11) is 0. The molecule has 4 heteroatoms. The van der Waals surface area contributed by atoms with Crippen LogP contribution in [0.5, 0.6) is 5.75 Å². The van der Waals surface area contributed by atoms with Crippen LogP contribution >= 0.6 is 0 Å². The number of phenolic OH excluding ortho intramolecular Hbond substituents is 1. The van der Waals surface area contributed by atoms with E-state index in [1.54, 1.807) is 13.8 Å². The summed E-state index contributed by atoms with van der Waals surface area (Å²) >= 11 is 0. The van der Waals surface area contributed by atoms with Crippen molar-refractivity contribution in [2.45, 2.75) is 20.8 Å². The summed E-state index contributed by atoms with van der Waals surface area (Å²) in [6, 6.07) is 2.19. The molecule has 0 amide bonds. The van der Waals surface area contributed by atoms with Crippen molar-refractivity contribution in [3.63, 3.8) is 0 Å². The van der Waals surface area contributed by atoms with E-state index in [2.05, 4.69) is 0 Å². The Kier molecular flexibility index (Phi) is 3.42. The Balaban J connectivity index is 3.16. The van der Waals surface area contributed by atoms with E-state index >= 15 is 0 Å². The molecule has 0 aliphatic carbocycles. The molecule has 0 unspecified atom stereocenters. The van der Waals surface area contributed by atoms with Crippen LogP contribution in [0.2, 0.25) is 0 Å². The van der Waals surface area contributed by atoms with Gasteiger partial charge in [0.15, 0.2) is 11.6 Å². The van der Waals surface area contributed by atoms with Crippen molar-refractivity contribution in [1.29, 1.82) is 0 Å². The van der Waals surface area contributed by atoms with Gasteiger partial charge in [-0.1, -0.05) is 13.8 Å². The van der Waals surface area contributed by atoms with Crippen molar-refractivity contribution >= 4 is 11.6 Å².